The van der Waals surface area contributed by atoms with E-state index in [1.54, 1.807) is 0 Å². The van der Waals surface area contributed by atoms with E-state index < -0.39 is 11.7 Å². The molecule has 0 bridgehead atoms. The Morgan fingerprint density at radius 1 is 0.893 bits per heavy atom. The third kappa shape index (κ3) is 3.71. The van der Waals surface area contributed by atoms with Gasteiger partial charge in [0.1, 0.15) is 5.60 Å². The van der Waals surface area contributed by atoms with Gasteiger partial charge in [0.05, 0.1) is 12.7 Å². The van der Waals surface area contributed by atoms with Crippen molar-refractivity contribution in [1.29, 1.82) is 0 Å². The predicted octanol–water partition coefficient (Wildman–Crippen LogP) is 4.69. The molecule has 1 aliphatic heterocycles. The van der Waals surface area contributed by atoms with Gasteiger partial charge in [-0.05, 0) is 34.7 Å². The molecule has 4 heteroatoms. The average molecular weight is 396 g/mol. The van der Waals surface area contributed by atoms with Crippen LogP contribution >= 0.6 is 12.4 Å². The summed E-state index contributed by atoms with van der Waals surface area (Å²) in [6.07, 6.45) is -0.563. The maximum Gasteiger partial charge on any atom is 0.131 e. The van der Waals surface area contributed by atoms with Gasteiger partial charge < -0.3 is 15.2 Å². The second-order valence-electron chi connectivity index (χ2n) is 7.03. The van der Waals surface area contributed by atoms with Crippen molar-refractivity contribution < 1.29 is 9.84 Å². The van der Waals surface area contributed by atoms with Crippen molar-refractivity contribution >= 4 is 12.4 Å². The zero-order valence-corrected chi connectivity index (χ0v) is 16.8. The molecule has 28 heavy (non-hydrogen) atoms. The van der Waals surface area contributed by atoms with Crippen LogP contribution in [0.1, 0.15) is 29.7 Å². The lowest BCUT2D eigenvalue weighted by molar-refractivity contribution is -0.0416. The van der Waals surface area contributed by atoms with Crippen LogP contribution in [0.2, 0.25) is 0 Å². The van der Waals surface area contributed by atoms with Crippen molar-refractivity contribution in [2.75, 3.05) is 19.7 Å². The van der Waals surface area contributed by atoms with Crippen LogP contribution in [-0.2, 0) is 10.3 Å². The van der Waals surface area contributed by atoms with Crippen LogP contribution < -0.4 is 5.32 Å². The molecule has 1 heterocycles. The summed E-state index contributed by atoms with van der Waals surface area (Å²) in [6, 6.07) is 26.9. The average Bonchev–Trinajstić information content (AvgIpc) is 2.75. The molecular weight excluding hydrogens is 370 g/mol. The summed E-state index contributed by atoms with van der Waals surface area (Å²) in [5.41, 5.74) is 4.73. The molecule has 4 rings (SSSR count). The summed E-state index contributed by atoms with van der Waals surface area (Å²) in [5.74, 6) is 0. The second-order valence-corrected chi connectivity index (χ2v) is 7.03. The predicted molar refractivity (Wildman–Crippen MR) is 116 cm³/mol. The molecule has 2 atom stereocenters. The third-order valence-electron chi connectivity index (χ3n) is 5.29. The minimum absolute atomic E-state index is 0. The Labute approximate surface area is 172 Å². The number of ether oxygens (including phenoxy) is 1. The van der Waals surface area contributed by atoms with Crippen molar-refractivity contribution in [3.8, 4) is 11.1 Å². The Balaban J connectivity index is 0.00000225. The van der Waals surface area contributed by atoms with Gasteiger partial charge in [0, 0.05) is 13.1 Å². The normalized spacial score (nSPS) is 20.2. The van der Waals surface area contributed by atoms with Crippen molar-refractivity contribution in [2.24, 2.45) is 0 Å². The lowest BCUT2D eigenvalue weighted by Gasteiger charge is -2.41. The highest BCUT2D eigenvalue weighted by Crippen LogP contribution is 2.42. The van der Waals surface area contributed by atoms with E-state index in [4.69, 9.17) is 4.74 Å². The van der Waals surface area contributed by atoms with Crippen LogP contribution in [0.5, 0.6) is 0 Å². The van der Waals surface area contributed by atoms with Crippen molar-refractivity contribution in [3.63, 3.8) is 0 Å². The van der Waals surface area contributed by atoms with Crippen molar-refractivity contribution in [2.45, 2.75) is 18.6 Å². The Hall–Kier alpha value is -2.17. The molecule has 0 aliphatic carbocycles. The van der Waals surface area contributed by atoms with E-state index in [0.29, 0.717) is 13.2 Å². The van der Waals surface area contributed by atoms with Crippen molar-refractivity contribution in [3.05, 3.63) is 95.6 Å². The highest BCUT2D eigenvalue weighted by atomic mass is 35.5. The number of rotatable bonds is 4. The summed E-state index contributed by atoms with van der Waals surface area (Å²) in [7, 11) is 0. The van der Waals surface area contributed by atoms with Crippen LogP contribution in [0.15, 0.2) is 78.9 Å². The minimum Gasteiger partial charge on any atom is -0.389 e. The Bertz CT molecular complexity index is 905. The topological polar surface area (TPSA) is 41.5 Å². The summed E-state index contributed by atoms with van der Waals surface area (Å²) in [5, 5.41) is 13.9. The lowest BCUT2D eigenvalue weighted by Crippen LogP contribution is -2.49. The fourth-order valence-corrected chi connectivity index (χ4v) is 4.04. The van der Waals surface area contributed by atoms with E-state index in [-0.39, 0.29) is 12.4 Å². The van der Waals surface area contributed by atoms with E-state index in [9.17, 15) is 5.11 Å². The quantitative estimate of drug-likeness (QED) is 0.673. The van der Waals surface area contributed by atoms with E-state index in [2.05, 4.69) is 59.9 Å². The molecule has 0 aromatic heterocycles. The lowest BCUT2D eigenvalue weighted by atomic mass is 9.78. The molecule has 0 spiro atoms. The first-order valence-corrected chi connectivity index (χ1v) is 9.49. The summed E-state index contributed by atoms with van der Waals surface area (Å²) < 4.78 is 6.52. The summed E-state index contributed by atoms with van der Waals surface area (Å²) in [4.78, 5) is 0. The molecule has 3 aromatic carbocycles. The Morgan fingerprint density at radius 3 is 2.21 bits per heavy atom. The standard InChI is InChI=1S/C24H25NO2.ClH/c1-18(26)20-11-5-7-13-22(20)24(17-25-15-16-27-24)23-14-8-6-12-21(23)19-9-3-2-4-10-19;/h2-14,18,25-26H,15-17H2,1H3;1H. The maximum atomic E-state index is 10.4. The van der Waals surface area contributed by atoms with Gasteiger partial charge in [-0.25, -0.2) is 0 Å². The maximum absolute atomic E-state index is 10.4. The van der Waals surface area contributed by atoms with Gasteiger partial charge in [0.15, 0.2) is 0 Å². The number of hydrogen-bond donors (Lipinski definition) is 2. The van der Waals surface area contributed by atoms with Gasteiger partial charge in [-0.2, -0.15) is 0 Å². The third-order valence-corrected chi connectivity index (χ3v) is 5.29. The highest BCUT2D eigenvalue weighted by Gasteiger charge is 2.40. The number of nitrogens with one attached hydrogen (secondary N) is 1. The second kappa shape index (κ2) is 8.89. The van der Waals surface area contributed by atoms with Gasteiger partial charge in [-0.3, -0.25) is 0 Å². The van der Waals surface area contributed by atoms with Gasteiger partial charge in [-0.1, -0.05) is 78.9 Å². The summed E-state index contributed by atoms with van der Waals surface area (Å²) in [6.45, 7) is 3.93. The number of hydrogen-bond acceptors (Lipinski definition) is 3. The molecule has 1 aliphatic rings. The fourth-order valence-electron chi connectivity index (χ4n) is 4.04. The first-order chi connectivity index (χ1) is 13.2. The zero-order valence-electron chi connectivity index (χ0n) is 16.0. The molecule has 1 saturated heterocycles. The van der Waals surface area contributed by atoms with Crippen LogP contribution in [0.25, 0.3) is 11.1 Å². The first-order valence-electron chi connectivity index (χ1n) is 9.49. The van der Waals surface area contributed by atoms with E-state index in [1.165, 1.54) is 0 Å². The fraction of sp³-hybridized carbons (Fsp3) is 0.250. The van der Waals surface area contributed by atoms with Gasteiger partial charge >= 0.3 is 0 Å². The number of halogens is 1. The molecule has 3 nitrogen and oxygen atoms in total. The number of benzene rings is 3. The van der Waals surface area contributed by atoms with E-state index >= 15 is 0 Å². The van der Waals surface area contributed by atoms with Gasteiger partial charge in [0.25, 0.3) is 0 Å². The van der Waals surface area contributed by atoms with Gasteiger partial charge in [-0.15, -0.1) is 12.4 Å². The molecule has 146 valence electrons. The largest absolute Gasteiger partial charge is 0.389 e. The molecule has 2 N–H and O–H groups in total. The molecule has 0 amide bonds. The highest BCUT2D eigenvalue weighted by molar-refractivity contribution is 5.85. The molecule has 0 saturated carbocycles. The van der Waals surface area contributed by atoms with Crippen LogP contribution in [0.4, 0.5) is 0 Å². The number of aliphatic hydroxyl groups is 1. The minimum atomic E-state index is -0.641. The van der Waals surface area contributed by atoms with Crippen LogP contribution in [-0.4, -0.2) is 24.8 Å². The zero-order chi connectivity index (χ0) is 18.7. The molecule has 0 radical (unpaired) electrons. The molecule has 1 fully saturated rings. The van der Waals surface area contributed by atoms with E-state index in [1.807, 2.05) is 31.2 Å². The van der Waals surface area contributed by atoms with E-state index in [0.717, 1.165) is 34.4 Å². The molecule has 2 unspecified atom stereocenters. The summed E-state index contributed by atoms with van der Waals surface area (Å²) >= 11 is 0. The Kier molecular flexibility index (Phi) is 6.53. The number of morpholine rings is 1. The monoisotopic (exact) mass is 395 g/mol. The number of aliphatic hydroxyl groups excluding tert-OH is 1. The van der Waals surface area contributed by atoms with Crippen LogP contribution in [0.3, 0.4) is 0 Å². The molecule has 3 aromatic rings. The Morgan fingerprint density at radius 2 is 1.54 bits per heavy atom. The molecular formula is C24H26ClNO2. The first kappa shape index (κ1) is 20.6. The smallest absolute Gasteiger partial charge is 0.131 e. The van der Waals surface area contributed by atoms with Crippen LogP contribution in [0, 0.1) is 0 Å². The van der Waals surface area contributed by atoms with Crippen molar-refractivity contribution in [1.82, 2.24) is 5.32 Å². The van der Waals surface area contributed by atoms with Gasteiger partial charge in [0.2, 0.25) is 0 Å². The SMILES string of the molecule is CC(O)c1ccccc1C1(c2ccccc2-c2ccccc2)CNCCO1.Cl.